The van der Waals surface area contributed by atoms with E-state index in [1.54, 1.807) is 23.1 Å². The first-order valence-corrected chi connectivity index (χ1v) is 9.76. The van der Waals surface area contributed by atoms with Crippen molar-refractivity contribution >= 4 is 27.3 Å². The van der Waals surface area contributed by atoms with Crippen molar-refractivity contribution in [2.24, 2.45) is 0 Å². The molecule has 1 saturated heterocycles. The molecule has 1 heterocycles. The predicted octanol–water partition coefficient (Wildman–Crippen LogP) is 2.90. The molecule has 0 aromatic heterocycles. The fraction of sp³-hybridized carbons (Fsp3) is 0.278. The van der Waals surface area contributed by atoms with Crippen molar-refractivity contribution < 1.29 is 22.3 Å². The summed E-state index contributed by atoms with van der Waals surface area (Å²) in [5.41, 5.74) is 1.43. The van der Waals surface area contributed by atoms with Crippen molar-refractivity contribution in [1.29, 1.82) is 0 Å². The number of ether oxygens (including phenoxy) is 1. The molecule has 138 valence electrons. The molecule has 1 aliphatic rings. The number of anilines is 2. The molecule has 0 radical (unpaired) electrons. The van der Waals surface area contributed by atoms with Gasteiger partial charge >= 0.3 is 0 Å². The second-order valence-corrected chi connectivity index (χ2v) is 7.75. The minimum atomic E-state index is -3.68. The van der Waals surface area contributed by atoms with Gasteiger partial charge in [0.25, 0.3) is 0 Å². The quantitative estimate of drug-likeness (QED) is 0.839. The fourth-order valence-electron chi connectivity index (χ4n) is 2.88. The lowest BCUT2D eigenvalue weighted by atomic mass is 10.2. The fourth-order valence-corrected chi connectivity index (χ4v) is 4.07. The van der Waals surface area contributed by atoms with E-state index < -0.39 is 15.8 Å². The number of benzene rings is 2. The topological polar surface area (TPSA) is 75.7 Å². The van der Waals surface area contributed by atoms with Crippen LogP contribution in [-0.4, -0.2) is 28.0 Å². The van der Waals surface area contributed by atoms with Crippen LogP contribution in [0.4, 0.5) is 15.8 Å². The van der Waals surface area contributed by atoms with Crippen LogP contribution >= 0.6 is 0 Å². The van der Waals surface area contributed by atoms with Gasteiger partial charge in [-0.2, -0.15) is 0 Å². The summed E-state index contributed by atoms with van der Waals surface area (Å²) in [6, 6.07) is 10.1. The molecule has 3 rings (SSSR count). The molecule has 0 bridgehead atoms. The highest BCUT2D eigenvalue weighted by molar-refractivity contribution is 7.91. The molecule has 0 atom stereocenters. The van der Waals surface area contributed by atoms with Crippen LogP contribution in [0.25, 0.3) is 0 Å². The average molecular weight is 378 g/mol. The van der Waals surface area contributed by atoms with Crippen LogP contribution < -0.4 is 14.4 Å². The summed E-state index contributed by atoms with van der Waals surface area (Å²) >= 11 is 0. The van der Waals surface area contributed by atoms with Gasteiger partial charge in [-0.1, -0.05) is 12.1 Å². The maximum Gasteiger partial charge on any atom is 0.236 e. The Balaban J connectivity index is 1.78. The van der Waals surface area contributed by atoms with Crippen LogP contribution in [0.1, 0.15) is 18.4 Å². The van der Waals surface area contributed by atoms with E-state index in [1.807, 2.05) is 0 Å². The number of sulfonamides is 1. The van der Waals surface area contributed by atoms with Crippen LogP contribution in [0.5, 0.6) is 5.75 Å². The highest BCUT2D eigenvalue weighted by Crippen LogP contribution is 2.34. The van der Waals surface area contributed by atoms with Crippen LogP contribution in [0.2, 0.25) is 0 Å². The number of carbonyl (C=O) groups is 1. The van der Waals surface area contributed by atoms with Crippen LogP contribution in [0.3, 0.4) is 0 Å². The summed E-state index contributed by atoms with van der Waals surface area (Å²) in [5.74, 6) is -0.256. The van der Waals surface area contributed by atoms with Crippen molar-refractivity contribution in [2.45, 2.75) is 18.6 Å². The molecule has 26 heavy (non-hydrogen) atoms. The Bertz CT molecular complexity index is 913. The monoisotopic (exact) mass is 378 g/mol. The number of carbonyl (C=O) groups excluding carboxylic acids is 1. The van der Waals surface area contributed by atoms with Gasteiger partial charge in [-0.05, 0) is 36.2 Å². The predicted molar refractivity (Wildman–Crippen MR) is 97.2 cm³/mol. The zero-order chi connectivity index (χ0) is 18.7. The maximum atomic E-state index is 12.9. The van der Waals surface area contributed by atoms with Gasteiger partial charge in [0.15, 0.2) is 0 Å². The minimum absolute atomic E-state index is 0.0212. The van der Waals surface area contributed by atoms with Crippen molar-refractivity contribution in [2.75, 3.05) is 23.3 Å². The second kappa shape index (κ2) is 7.33. The van der Waals surface area contributed by atoms with E-state index in [2.05, 4.69) is 4.72 Å². The number of halogens is 1. The Morgan fingerprint density at radius 1 is 1.19 bits per heavy atom. The lowest BCUT2D eigenvalue weighted by Crippen LogP contribution is -2.24. The summed E-state index contributed by atoms with van der Waals surface area (Å²) in [6.45, 7) is 0.616. The van der Waals surface area contributed by atoms with Gasteiger partial charge in [0.1, 0.15) is 11.6 Å². The third-order valence-corrected chi connectivity index (χ3v) is 5.35. The van der Waals surface area contributed by atoms with E-state index >= 15 is 0 Å². The van der Waals surface area contributed by atoms with E-state index in [0.29, 0.717) is 35.7 Å². The summed E-state index contributed by atoms with van der Waals surface area (Å²) in [7, 11) is -2.21. The number of rotatable bonds is 6. The highest BCUT2D eigenvalue weighted by atomic mass is 32.2. The van der Waals surface area contributed by atoms with E-state index in [1.165, 1.54) is 31.4 Å². The summed E-state index contributed by atoms with van der Waals surface area (Å²) in [5, 5.41) is 0. The molecule has 1 amide bonds. The molecule has 1 aliphatic heterocycles. The lowest BCUT2D eigenvalue weighted by Gasteiger charge is -2.20. The number of nitrogens with zero attached hydrogens (tertiary/aromatic N) is 1. The van der Waals surface area contributed by atoms with Crippen LogP contribution in [0, 0.1) is 5.82 Å². The van der Waals surface area contributed by atoms with Gasteiger partial charge in [0.2, 0.25) is 15.9 Å². The number of methoxy groups -OCH3 is 1. The van der Waals surface area contributed by atoms with E-state index in [0.717, 1.165) is 6.42 Å². The Kier molecular flexibility index (Phi) is 5.13. The SMILES string of the molecule is COc1cc(NS(=O)(=O)Cc2ccc(F)cc2)ccc1N1CCCC1=O. The number of hydrogen-bond acceptors (Lipinski definition) is 4. The Labute approximate surface area is 151 Å². The molecule has 8 heteroatoms. The first-order chi connectivity index (χ1) is 12.4. The van der Waals surface area contributed by atoms with E-state index in [9.17, 15) is 17.6 Å². The molecule has 2 aromatic carbocycles. The van der Waals surface area contributed by atoms with Gasteiger partial charge in [-0.25, -0.2) is 12.8 Å². The number of nitrogens with one attached hydrogen (secondary N) is 1. The number of amides is 1. The summed E-state index contributed by atoms with van der Waals surface area (Å²) in [4.78, 5) is 13.6. The molecule has 0 unspecified atom stereocenters. The minimum Gasteiger partial charge on any atom is -0.494 e. The molecule has 0 saturated carbocycles. The van der Waals surface area contributed by atoms with Gasteiger partial charge in [0.05, 0.1) is 24.2 Å². The third-order valence-electron chi connectivity index (χ3n) is 4.09. The molecular weight excluding hydrogens is 359 g/mol. The molecule has 0 spiro atoms. The van der Waals surface area contributed by atoms with Crippen LogP contribution in [0.15, 0.2) is 42.5 Å². The Morgan fingerprint density at radius 2 is 1.92 bits per heavy atom. The Morgan fingerprint density at radius 3 is 2.54 bits per heavy atom. The largest absolute Gasteiger partial charge is 0.494 e. The number of hydrogen-bond donors (Lipinski definition) is 1. The molecule has 1 N–H and O–H groups in total. The van der Waals surface area contributed by atoms with Gasteiger partial charge in [-0.3, -0.25) is 9.52 Å². The Hall–Kier alpha value is -2.61. The zero-order valence-electron chi connectivity index (χ0n) is 14.2. The first kappa shape index (κ1) is 18.2. The van der Waals surface area contributed by atoms with E-state index in [4.69, 9.17) is 4.74 Å². The smallest absolute Gasteiger partial charge is 0.236 e. The van der Waals surface area contributed by atoms with Crippen molar-refractivity contribution in [1.82, 2.24) is 0 Å². The molecule has 2 aromatic rings. The standard InChI is InChI=1S/C18H19FN2O4S/c1-25-17-11-15(8-9-16(17)21-10-2-3-18(21)22)20-26(23,24)12-13-4-6-14(19)7-5-13/h4-9,11,20H,2-3,10,12H2,1H3. The molecular formula is C18H19FN2O4S. The van der Waals surface area contributed by atoms with Crippen molar-refractivity contribution in [3.63, 3.8) is 0 Å². The van der Waals surface area contributed by atoms with Gasteiger partial charge < -0.3 is 9.64 Å². The maximum absolute atomic E-state index is 12.9. The van der Waals surface area contributed by atoms with Gasteiger partial charge in [0, 0.05) is 19.0 Å². The van der Waals surface area contributed by atoms with E-state index in [-0.39, 0.29) is 11.7 Å². The first-order valence-electron chi connectivity index (χ1n) is 8.11. The summed E-state index contributed by atoms with van der Waals surface area (Å²) < 4.78 is 45.4. The summed E-state index contributed by atoms with van der Waals surface area (Å²) in [6.07, 6.45) is 1.28. The van der Waals surface area contributed by atoms with Gasteiger partial charge in [-0.15, -0.1) is 0 Å². The zero-order valence-corrected chi connectivity index (χ0v) is 15.1. The average Bonchev–Trinajstić information content (AvgIpc) is 3.02. The third kappa shape index (κ3) is 4.13. The second-order valence-electron chi connectivity index (χ2n) is 6.02. The lowest BCUT2D eigenvalue weighted by molar-refractivity contribution is -0.117. The van der Waals surface area contributed by atoms with Crippen LogP contribution in [-0.2, 0) is 20.6 Å². The normalized spacial score (nSPS) is 14.5. The van der Waals surface area contributed by atoms with Crippen molar-refractivity contribution in [3.05, 3.63) is 53.8 Å². The molecule has 1 fully saturated rings. The molecule has 0 aliphatic carbocycles. The molecule has 6 nitrogen and oxygen atoms in total. The highest BCUT2D eigenvalue weighted by Gasteiger charge is 2.25. The van der Waals surface area contributed by atoms with Crippen molar-refractivity contribution in [3.8, 4) is 5.75 Å².